The quantitative estimate of drug-likeness (QED) is 0.698. The first-order valence-electron chi connectivity index (χ1n) is 8.12. The van der Waals surface area contributed by atoms with Crippen LogP contribution in [0.1, 0.15) is 6.92 Å². The molecule has 140 valence electrons. The lowest BCUT2D eigenvalue weighted by Crippen LogP contribution is -2.55. The van der Waals surface area contributed by atoms with Gasteiger partial charge in [-0.05, 0) is 31.2 Å². The van der Waals surface area contributed by atoms with Gasteiger partial charge in [0.15, 0.2) is 0 Å². The van der Waals surface area contributed by atoms with E-state index in [0.717, 1.165) is 0 Å². The van der Waals surface area contributed by atoms with E-state index in [4.69, 9.17) is 16.3 Å². The molecule has 2 rings (SSSR count). The number of carbonyl (C=O) groups excluding carboxylic acids is 1. The molecular weight excluding hydrogens is 366 g/mol. The molecule has 0 unspecified atom stereocenters. The lowest BCUT2D eigenvalue weighted by Gasteiger charge is -2.36. The van der Waals surface area contributed by atoms with Gasteiger partial charge in [-0.2, -0.15) is 4.31 Å². The molecule has 0 spiro atoms. The van der Waals surface area contributed by atoms with E-state index >= 15 is 0 Å². The second-order valence-electron chi connectivity index (χ2n) is 5.85. The number of ether oxygens (including phenoxy) is 1. The summed E-state index contributed by atoms with van der Waals surface area (Å²) in [6.07, 6.45) is 0. The first-order chi connectivity index (χ1) is 11.9. The Balaban J connectivity index is 1.92. The molecule has 0 aliphatic carbocycles. The maximum absolute atomic E-state index is 12.7. The number of sulfonamides is 1. The standard InChI is InChI=1S/C16H24ClN3O4S/c1-13(16(21)18-7-12-24-2)19-8-10-20(11-9-19)25(22,23)15-5-3-14(17)4-6-15/h3-6,13H,7-12H2,1-2H3,(H,18,21)/t13-/m1/s1. The minimum atomic E-state index is -3.53. The third kappa shape index (κ3) is 5.15. The largest absolute Gasteiger partial charge is 0.383 e. The van der Waals surface area contributed by atoms with E-state index in [-0.39, 0.29) is 16.8 Å². The molecule has 1 aliphatic rings. The minimum Gasteiger partial charge on any atom is -0.383 e. The van der Waals surface area contributed by atoms with Crippen molar-refractivity contribution in [2.24, 2.45) is 0 Å². The Labute approximate surface area is 153 Å². The lowest BCUT2D eigenvalue weighted by molar-refractivity contribution is -0.126. The van der Waals surface area contributed by atoms with Gasteiger partial charge < -0.3 is 10.1 Å². The summed E-state index contributed by atoms with van der Waals surface area (Å²) in [6, 6.07) is 5.84. The molecule has 1 heterocycles. The van der Waals surface area contributed by atoms with Gasteiger partial charge in [-0.3, -0.25) is 9.69 Å². The number of carbonyl (C=O) groups is 1. The Hall–Kier alpha value is -1.19. The van der Waals surface area contributed by atoms with Crippen molar-refractivity contribution in [2.45, 2.75) is 17.9 Å². The highest BCUT2D eigenvalue weighted by Gasteiger charge is 2.31. The Morgan fingerprint density at radius 3 is 2.40 bits per heavy atom. The molecule has 25 heavy (non-hydrogen) atoms. The van der Waals surface area contributed by atoms with Crippen LogP contribution in [0, 0.1) is 0 Å². The highest BCUT2D eigenvalue weighted by Crippen LogP contribution is 2.20. The van der Waals surface area contributed by atoms with Gasteiger partial charge in [-0.25, -0.2) is 8.42 Å². The van der Waals surface area contributed by atoms with E-state index in [0.29, 0.717) is 44.4 Å². The summed E-state index contributed by atoms with van der Waals surface area (Å²) in [7, 11) is -1.96. The van der Waals surface area contributed by atoms with Crippen LogP contribution in [0.2, 0.25) is 5.02 Å². The van der Waals surface area contributed by atoms with E-state index in [2.05, 4.69) is 5.32 Å². The lowest BCUT2D eigenvalue weighted by atomic mass is 10.2. The van der Waals surface area contributed by atoms with E-state index in [1.165, 1.54) is 16.4 Å². The fourth-order valence-electron chi connectivity index (χ4n) is 2.68. The first-order valence-corrected chi connectivity index (χ1v) is 9.94. The summed E-state index contributed by atoms with van der Waals surface area (Å²) >= 11 is 5.82. The van der Waals surface area contributed by atoms with Gasteiger partial charge in [0.25, 0.3) is 0 Å². The molecule has 1 aromatic carbocycles. The smallest absolute Gasteiger partial charge is 0.243 e. The predicted octanol–water partition coefficient (Wildman–Crippen LogP) is 0.797. The maximum atomic E-state index is 12.7. The molecule has 0 bridgehead atoms. The van der Waals surface area contributed by atoms with Crippen LogP contribution in [0.15, 0.2) is 29.2 Å². The van der Waals surface area contributed by atoms with Crippen LogP contribution in [0.3, 0.4) is 0 Å². The summed E-state index contributed by atoms with van der Waals surface area (Å²) in [5, 5.41) is 3.30. The number of nitrogens with zero attached hydrogens (tertiary/aromatic N) is 2. The molecule has 9 heteroatoms. The van der Waals surface area contributed by atoms with Crippen LogP contribution >= 0.6 is 11.6 Å². The average Bonchev–Trinajstić information content (AvgIpc) is 2.61. The second-order valence-corrected chi connectivity index (χ2v) is 8.23. The van der Waals surface area contributed by atoms with Gasteiger partial charge in [0.2, 0.25) is 15.9 Å². The van der Waals surface area contributed by atoms with Gasteiger partial charge in [-0.1, -0.05) is 11.6 Å². The summed E-state index contributed by atoms with van der Waals surface area (Å²) in [5.41, 5.74) is 0. The zero-order valence-electron chi connectivity index (χ0n) is 14.4. The van der Waals surface area contributed by atoms with Crippen molar-refractivity contribution >= 4 is 27.5 Å². The third-order valence-electron chi connectivity index (χ3n) is 4.26. The van der Waals surface area contributed by atoms with Crippen molar-refractivity contribution in [2.75, 3.05) is 46.4 Å². The molecule has 1 aromatic rings. The fourth-order valence-corrected chi connectivity index (χ4v) is 4.22. The number of benzene rings is 1. The van der Waals surface area contributed by atoms with Gasteiger partial charge in [0.05, 0.1) is 17.5 Å². The number of rotatable bonds is 7. The van der Waals surface area contributed by atoms with E-state index < -0.39 is 10.0 Å². The Kier molecular flexibility index (Phi) is 7.21. The third-order valence-corrected chi connectivity index (χ3v) is 6.42. The molecule has 1 N–H and O–H groups in total. The molecule has 0 saturated carbocycles. The fraction of sp³-hybridized carbons (Fsp3) is 0.562. The van der Waals surface area contributed by atoms with Crippen molar-refractivity contribution < 1.29 is 17.9 Å². The number of hydrogen-bond donors (Lipinski definition) is 1. The van der Waals surface area contributed by atoms with E-state index in [1.807, 2.05) is 11.8 Å². The number of amides is 1. The zero-order chi connectivity index (χ0) is 18.4. The van der Waals surface area contributed by atoms with Crippen LogP contribution in [0.5, 0.6) is 0 Å². The minimum absolute atomic E-state index is 0.0777. The van der Waals surface area contributed by atoms with Crippen LogP contribution in [-0.2, 0) is 19.6 Å². The summed E-state index contributed by atoms with van der Waals surface area (Å²) in [6.45, 7) is 4.46. The van der Waals surface area contributed by atoms with Crippen LogP contribution in [0.25, 0.3) is 0 Å². The average molecular weight is 390 g/mol. The molecule has 1 saturated heterocycles. The molecule has 7 nitrogen and oxygen atoms in total. The second kappa shape index (κ2) is 8.95. The van der Waals surface area contributed by atoms with Gasteiger partial charge in [-0.15, -0.1) is 0 Å². The predicted molar refractivity (Wildman–Crippen MR) is 96.1 cm³/mol. The number of halogens is 1. The van der Waals surface area contributed by atoms with E-state index in [1.54, 1.807) is 19.2 Å². The Morgan fingerprint density at radius 2 is 1.84 bits per heavy atom. The molecule has 0 radical (unpaired) electrons. The van der Waals surface area contributed by atoms with Crippen molar-refractivity contribution in [3.8, 4) is 0 Å². The molecule has 1 aliphatic heterocycles. The summed E-state index contributed by atoms with van der Waals surface area (Å²) in [5.74, 6) is -0.0777. The summed E-state index contributed by atoms with van der Waals surface area (Å²) < 4.78 is 31.7. The SMILES string of the molecule is COCCNC(=O)[C@@H](C)N1CCN(S(=O)(=O)c2ccc(Cl)cc2)CC1. The van der Waals surface area contributed by atoms with Crippen molar-refractivity contribution in [3.05, 3.63) is 29.3 Å². The van der Waals surface area contributed by atoms with Crippen molar-refractivity contribution in [1.82, 2.24) is 14.5 Å². The molecular formula is C16H24ClN3O4S. The first kappa shape index (κ1) is 20.1. The maximum Gasteiger partial charge on any atom is 0.243 e. The van der Waals surface area contributed by atoms with Gasteiger partial charge in [0.1, 0.15) is 0 Å². The highest BCUT2D eigenvalue weighted by molar-refractivity contribution is 7.89. The number of hydrogen-bond acceptors (Lipinski definition) is 5. The Morgan fingerprint density at radius 1 is 1.24 bits per heavy atom. The highest BCUT2D eigenvalue weighted by atomic mass is 35.5. The zero-order valence-corrected chi connectivity index (χ0v) is 16.0. The van der Waals surface area contributed by atoms with E-state index in [9.17, 15) is 13.2 Å². The van der Waals surface area contributed by atoms with Crippen LogP contribution < -0.4 is 5.32 Å². The topological polar surface area (TPSA) is 79.0 Å². The Bertz CT molecular complexity index is 673. The van der Waals surface area contributed by atoms with Crippen LogP contribution in [0.4, 0.5) is 0 Å². The molecule has 1 fully saturated rings. The van der Waals surface area contributed by atoms with Crippen molar-refractivity contribution in [3.63, 3.8) is 0 Å². The number of nitrogens with one attached hydrogen (secondary N) is 1. The molecule has 1 atom stereocenters. The van der Waals surface area contributed by atoms with Crippen molar-refractivity contribution in [1.29, 1.82) is 0 Å². The number of piperazine rings is 1. The monoisotopic (exact) mass is 389 g/mol. The molecule has 0 aromatic heterocycles. The normalized spacial score (nSPS) is 18.0. The van der Waals surface area contributed by atoms with Crippen LogP contribution in [-0.4, -0.2) is 76.0 Å². The number of methoxy groups -OCH3 is 1. The van der Waals surface area contributed by atoms with Gasteiger partial charge >= 0.3 is 0 Å². The summed E-state index contributed by atoms with van der Waals surface area (Å²) in [4.78, 5) is 14.3. The van der Waals surface area contributed by atoms with Gasteiger partial charge in [0, 0.05) is 44.9 Å². The molecule has 1 amide bonds.